The Morgan fingerprint density at radius 3 is 2.34 bits per heavy atom. The van der Waals surface area contributed by atoms with E-state index in [0.29, 0.717) is 18.2 Å². The zero-order valence-electron chi connectivity index (χ0n) is 15.8. The maximum atomic E-state index is 14.6. The standard InChI is InChI=1S/C21H20F4O4/c1-11(2)29-15-8-16(19(22)18(9-15)21(23,24)25)12-3-5-14(6-4-12)28-10-13-7-17(13)20(26)27/h3-6,8-9,11,13,17H,7,10H2,1-2H3,(H,26,27)/t13-,17+/m0/s1. The molecule has 1 saturated carbocycles. The van der Waals surface area contributed by atoms with Crippen LogP contribution in [0.15, 0.2) is 36.4 Å². The van der Waals surface area contributed by atoms with Gasteiger partial charge in [0.05, 0.1) is 24.2 Å². The number of alkyl halides is 3. The Morgan fingerprint density at radius 1 is 1.17 bits per heavy atom. The van der Waals surface area contributed by atoms with E-state index in [0.717, 1.165) is 0 Å². The Labute approximate surface area is 165 Å². The molecule has 0 aliphatic heterocycles. The molecule has 0 heterocycles. The molecule has 8 heteroatoms. The molecule has 1 N–H and O–H groups in total. The van der Waals surface area contributed by atoms with Crippen molar-refractivity contribution in [1.82, 2.24) is 0 Å². The van der Waals surface area contributed by atoms with E-state index >= 15 is 0 Å². The molecular weight excluding hydrogens is 392 g/mol. The number of aliphatic carboxylic acids is 1. The van der Waals surface area contributed by atoms with Gasteiger partial charge < -0.3 is 14.6 Å². The first-order valence-corrected chi connectivity index (χ1v) is 9.09. The molecule has 0 radical (unpaired) electrons. The third kappa shape index (κ3) is 4.99. The van der Waals surface area contributed by atoms with Crippen LogP contribution in [0.5, 0.6) is 11.5 Å². The highest BCUT2D eigenvalue weighted by Gasteiger charge is 2.43. The molecule has 1 aliphatic carbocycles. The molecule has 4 nitrogen and oxygen atoms in total. The molecule has 0 unspecified atom stereocenters. The van der Waals surface area contributed by atoms with Crippen LogP contribution in [-0.2, 0) is 11.0 Å². The fourth-order valence-corrected chi connectivity index (χ4v) is 3.02. The first kappa shape index (κ1) is 21.0. The molecule has 0 amide bonds. The van der Waals surface area contributed by atoms with Gasteiger partial charge in [-0.15, -0.1) is 0 Å². The number of carboxylic acids is 1. The predicted molar refractivity (Wildman–Crippen MR) is 97.3 cm³/mol. The summed E-state index contributed by atoms with van der Waals surface area (Å²) in [6, 6.07) is 7.82. The first-order valence-electron chi connectivity index (χ1n) is 9.09. The van der Waals surface area contributed by atoms with Gasteiger partial charge in [-0.05, 0) is 50.1 Å². The third-order valence-electron chi connectivity index (χ3n) is 4.59. The zero-order chi connectivity index (χ0) is 21.3. The number of carboxylic acid groups (broad SMARTS) is 1. The van der Waals surface area contributed by atoms with Crippen LogP contribution in [0, 0.1) is 17.7 Å². The SMILES string of the molecule is CC(C)Oc1cc(-c2ccc(OC[C@@H]3C[C@H]3C(=O)O)cc2)c(F)c(C(F)(F)F)c1. The van der Waals surface area contributed by atoms with E-state index < -0.39 is 29.4 Å². The molecule has 0 bridgehead atoms. The Morgan fingerprint density at radius 2 is 1.83 bits per heavy atom. The van der Waals surface area contributed by atoms with Crippen molar-refractivity contribution in [3.63, 3.8) is 0 Å². The van der Waals surface area contributed by atoms with Gasteiger partial charge in [-0.2, -0.15) is 13.2 Å². The summed E-state index contributed by atoms with van der Waals surface area (Å²) in [4.78, 5) is 10.8. The second kappa shape index (κ2) is 7.93. The van der Waals surface area contributed by atoms with Crippen molar-refractivity contribution in [1.29, 1.82) is 0 Å². The fraction of sp³-hybridized carbons (Fsp3) is 0.381. The van der Waals surface area contributed by atoms with E-state index in [9.17, 15) is 22.4 Å². The highest BCUT2D eigenvalue weighted by Crippen LogP contribution is 2.40. The minimum atomic E-state index is -4.86. The molecule has 1 fully saturated rings. The number of halogens is 4. The van der Waals surface area contributed by atoms with Gasteiger partial charge in [-0.3, -0.25) is 4.79 Å². The van der Waals surface area contributed by atoms with Gasteiger partial charge in [0.2, 0.25) is 0 Å². The van der Waals surface area contributed by atoms with Crippen LogP contribution >= 0.6 is 0 Å². The van der Waals surface area contributed by atoms with E-state index in [2.05, 4.69) is 0 Å². The van der Waals surface area contributed by atoms with Crippen LogP contribution in [-0.4, -0.2) is 23.8 Å². The largest absolute Gasteiger partial charge is 0.493 e. The van der Waals surface area contributed by atoms with Crippen molar-refractivity contribution in [3.8, 4) is 22.6 Å². The van der Waals surface area contributed by atoms with Crippen molar-refractivity contribution in [2.75, 3.05) is 6.61 Å². The monoisotopic (exact) mass is 412 g/mol. The summed E-state index contributed by atoms with van der Waals surface area (Å²) in [6.45, 7) is 3.56. The number of hydrogen-bond acceptors (Lipinski definition) is 3. The number of carbonyl (C=O) groups is 1. The van der Waals surface area contributed by atoms with Crippen molar-refractivity contribution in [2.45, 2.75) is 32.5 Å². The molecule has 2 aromatic carbocycles. The zero-order valence-corrected chi connectivity index (χ0v) is 15.8. The van der Waals surface area contributed by atoms with E-state index in [1.54, 1.807) is 13.8 Å². The lowest BCUT2D eigenvalue weighted by atomic mass is 10.0. The number of benzene rings is 2. The molecule has 29 heavy (non-hydrogen) atoms. The van der Waals surface area contributed by atoms with Crippen LogP contribution in [0.25, 0.3) is 11.1 Å². The molecule has 0 saturated heterocycles. The minimum Gasteiger partial charge on any atom is -0.493 e. The van der Waals surface area contributed by atoms with Crippen molar-refractivity contribution >= 4 is 5.97 Å². The lowest BCUT2D eigenvalue weighted by molar-refractivity contribution is -0.140. The maximum Gasteiger partial charge on any atom is 0.419 e. The Bertz CT molecular complexity index is 891. The molecule has 0 spiro atoms. The predicted octanol–water partition coefficient (Wildman–Crippen LogP) is 5.40. The third-order valence-corrected chi connectivity index (χ3v) is 4.59. The number of ether oxygens (including phenoxy) is 2. The summed E-state index contributed by atoms with van der Waals surface area (Å²) in [7, 11) is 0. The van der Waals surface area contributed by atoms with Gasteiger partial charge in [0.25, 0.3) is 0 Å². The van der Waals surface area contributed by atoms with E-state index in [1.165, 1.54) is 30.3 Å². The van der Waals surface area contributed by atoms with E-state index in [4.69, 9.17) is 14.6 Å². The van der Waals surface area contributed by atoms with Crippen LogP contribution in [0.3, 0.4) is 0 Å². The van der Waals surface area contributed by atoms with Crippen LogP contribution in [0.2, 0.25) is 0 Å². The van der Waals surface area contributed by atoms with E-state index in [1.807, 2.05) is 0 Å². The highest BCUT2D eigenvalue weighted by atomic mass is 19.4. The molecule has 1 aliphatic rings. The summed E-state index contributed by atoms with van der Waals surface area (Å²) < 4.78 is 65.2. The van der Waals surface area contributed by atoms with Gasteiger partial charge in [0.1, 0.15) is 17.3 Å². The molecular formula is C21H20F4O4. The quantitative estimate of drug-likeness (QED) is 0.619. The molecule has 2 atom stereocenters. The topological polar surface area (TPSA) is 55.8 Å². The van der Waals surface area contributed by atoms with Gasteiger partial charge >= 0.3 is 12.1 Å². The molecule has 0 aromatic heterocycles. The first-order chi connectivity index (χ1) is 13.6. The number of hydrogen-bond donors (Lipinski definition) is 1. The lowest BCUT2D eigenvalue weighted by Gasteiger charge is -2.17. The maximum absolute atomic E-state index is 14.6. The van der Waals surface area contributed by atoms with Crippen LogP contribution in [0.1, 0.15) is 25.8 Å². The van der Waals surface area contributed by atoms with Gasteiger partial charge in [-0.25, -0.2) is 4.39 Å². The molecule has 3 rings (SSSR count). The summed E-state index contributed by atoms with van der Waals surface area (Å²) in [5.41, 5.74) is -1.38. The summed E-state index contributed by atoms with van der Waals surface area (Å²) in [6.07, 6.45) is -4.67. The second-order valence-corrected chi connectivity index (χ2v) is 7.27. The summed E-state index contributed by atoms with van der Waals surface area (Å²) in [5.74, 6) is -2.32. The summed E-state index contributed by atoms with van der Waals surface area (Å²) in [5, 5.41) is 8.88. The minimum absolute atomic E-state index is 0.0520. The lowest BCUT2D eigenvalue weighted by Crippen LogP contribution is -2.12. The van der Waals surface area contributed by atoms with Crippen LogP contribution < -0.4 is 9.47 Å². The smallest absolute Gasteiger partial charge is 0.419 e. The normalized spacial score (nSPS) is 18.6. The highest BCUT2D eigenvalue weighted by molar-refractivity contribution is 5.73. The van der Waals surface area contributed by atoms with Crippen molar-refractivity contribution in [2.24, 2.45) is 11.8 Å². The Hall–Kier alpha value is -2.77. The number of rotatable bonds is 7. The van der Waals surface area contributed by atoms with Gasteiger partial charge in [0, 0.05) is 11.5 Å². The fourth-order valence-electron chi connectivity index (χ4n) is 3.02. The molecule has 2 aromatic rings. The second-order valence-electron chi connectivity index (χ2n) is 7.27. The average molecular weight is 412 g/mol. The van der Waals surface area contributed by atoms with Gasteiger partial charge in [0.15, 0.2) is 0 Å². The van der Waals surface area contributed by atoms with Crippen molar-refractivity contribution < 1.29 is 36.9 Å². The Kier molecular flexibility index (Phi) is 5.73. The summed E-state index contributed by atoms with van der Waals surface area (Å²) >= 11 is 0. The van der Waals surface area contributed by atoms with Crippen molar-refractivity contribution in [3.05, 3.63) is 47.8 Å². The molecule has 156 valence electrons. The Balaban J connectivity index is 1.82. The van der Waals surface area contributed by atoms with Gasteiger partial charge in [-0.1, -0.05) is 12.1 Å². The van der Waals surface area contributed by atoms with E-state index in [-0.39, 0.29) is 35.5 Å². The van der Waals surface area contributed by atoms with Crippen LogP contribution in [0.4, 0.5) is 17.6 Å². The average Bonchev–Trinajstić information content (AvgIpc) is 3.40.